The molecule has 3 aromatic rings. The lowest BCUT2D eigenvalue weighted by atomic mass is 9.82. The van der Waals surface area contributed by atoms with E-state index < -0.39 is 11.7 Å². The maximum Gasteiger partial charge on any atom is 0.410 e. The quantitative estimate of drug-likeness (QED) is 0.196. The zero-order chi connectivity index (χ0) is 32.6. The first-order chi connectivity index (χ1) is 21.4. The number of piperidine rings is 1. The molecule has 0 saturated carbocycles. The van der Waals surface area contributed by atoms with E-state index in [1.165, 1.54) is 0 Å². The van der Waals surface area contributed by atoms with E-state index in [0.717, 1.165) is 74.1 Å². The Labute approximate surface area is 268 Å². The molecule has 1 saturated heterocycles. The number of aromatic nitrogens is 2. The molecule has 244 valence electrons. The molecule has 2 N–H and O–H groups in total. The minimum atomic E-state index is -0.539. The van der Waals surface area contributed by atoms with E-state index in [1.807, 2.05) is 69.1 Å². The maximum atomic E-state index is 12.8. The summed E-state index contributed by atoms with van der Waals surface area (Å²) < 4.78 is 11.4. The average molecular weight is 618 g/mol. The number of likely N-dealkylation sites (tertiary alicyclic amines) is 1. The average Bonchev–Trinajstić information content (AvgIpc) is 3.00. The highest BCUT2D eigenvalue weighted by molar-refractivity contribution is 5.94. The monoisotopic (exact) mass is 617 g/mol. The van der Waals surface area contributed by atoms with Gasteiger partial charge in [0.25, 0.3) is 0 Å². The largest absolute Gasteiger partial charge is 0.453 e. The van der Waals surface area contributed by atoms with E-state index in [-0.39, 0.29) is 18.1 Å². The number of carbonyl (C=O) groups is 2. The smallest absolute Gasteiger partial charge is 0.410 e. The fraction of sp³-hybridized carbons (Fsp3) is 0.556. The molecule has 0 aliphatic carbocycles. The fourth-order valence-corrected chi connectivity index (χ4v) is 5.81. The van der Waals surface area contributed by atoms with Crippen molar-refractivity contribution in [2.75, 3.05) is 30.3 Å². The summed E-state index contributed by atoms with van der Waals surface area (Å²) in [6, 6.07) is 13.1. The van der Waals surface area contributed by atoms with Crippen LogP contribution in [0.4, 0.5) is 16.4 Å². The van der Waals surface area contributed by atoms with Gasteiger partial charge in [-0.05, 0) is 96.9 Å². The molecule has 0 radical (unpaired) electrons. The van der Waals surface area contributed by atoms with E-state index in [4.69, 9.17) is 19.4 Å². The molecule has 9 nitrogen and oxygen atoms in total. The van der Waals surface area contributed by atoms with Crippen molar-refractivity contribution < 1.29 is 19.1 Å². The molecule has 4 rings (SSSR count). The number of ether oxygens (including phenoxy) is 2. The lowest BCUT2D eigenvalue weighted by molar-refractivity contribution is 0.0129. The normalized spacial score (nSPS) is 16.7. The van der Waals surface area contributed by atoms with Gasteiger partial charge in [0.05, 0.1) is 11.3 Å². The van der Waals surface area contributed by atoms with Gasteiger partial charge in [0.15, 0.2) is 0 Å². The lowest BCUT2D eigenvalue weighted by Gasteiger charge is -2.38. The third-order valence-corrected chi connectivity index (χ3v) is 8.12. The number of benzene rings is 1. The molecule has 3 heterocycles. The van der Waals surface area contributed by atoms with Gasteiger partial charge in [-0.25, -0.2) is 19.6 Å². The zero-order valence-corrected chi connectivity index (χ0v) is 28.1. The molecule has 9 heteroatoms. The summed E-state index contributed by atoms with van der Waals surface area (Å²) in [5.74, 6) is 1.93. The molecule has 3 atom stereocenters. The SMILES string of the molecule is CCCCC(CNc1cc2c(NC(C)C)nc([C@@H](C)OC(=O)c3ccccc3)cc2cn1)C1CCCN(C(=O)OC(C)(C)C)C1. The molecule has 0 bridgehead atoms. The Morgan fingerprint density at radius 3 is 2.56 bits per heavy atom. The predicted molar refractivity (Wildman–Crippen MR) is 181 cm³/mol. The number of fused-ring (bicyclic) bond motifs is 1. The zero-order valence-electron chi connectivity index (χ0n) is 28.1. The van der Waals surface area contributed by atoms with Gasteiger partial charge in [0, 0.05) is 42.6 Å². The topological polar surface area (TPSA) is 106 Å². The summed E-state index contributed by atoms with van der Waals surface area (Å²) in [5.41, 5.74) is 0.661. The second kappa shape index (κ2) is 15.4. The number of amides is 1. The van der Waals surface area contributed by atoms with Gasteiger partial charge in [-0.2, -0.15) is 0 Å². The number of anilines is 2. The number of unbranched alkanes of at least 4 members (excludes halogenated alkanes) is 1. The number of nitrogens with one attached hydrogen (secondary N) is 2. The van der Waals surface area contributed by atoms with Gasteiger partial charge in [0.2, 0.25) is 0 Å². The lowest BCUT2D eigenvalue weighted by Crippen LogP contribution is -2.45. The Hall–Kier alpha value is -3.88. The molecule has 1 aliphatic rings. The highest BCUT2D eigenvalue weighted by Crippen LogP contribution is 2.31. The molecule has 1 aliphatic heterocycles. The minimum absolute atomic E-state index is 0.153. The first kappa shape index (κ1) is 34.0. The number of esters is 1. The Bertz CT molecular complexity index is 1420. The highest BCUT2D eigenvalue weighted by Gasteiger charge is 2.31. The van der Waals surface area contributed by atoms with E-state index >= 15 is 0 Å². The van der Waals surface area contributed by atoms with Crippen molar-refractivity contribution in [2.45, 2.75) is 98.3 Å². The predicted octanol–water partition coefficient (Wildman–Crippen LogP) is 8.23. The van der Waals surface area contributed by atoms with E-state index in [2.05, 4.69) is 31.4 Å². The van der Waals surface area contributed by atoms with Crippen molar-refractivity contribution in [3.63, 3.8) is 0 Å². The summed E-state index contributed by atoms with van der Waals surface area (Å²) in [7, 11) is 0. The maximum absolute atomic E-state index is 12.8. The Balaban J connectivity index is 1.50. The number of hydrogen-bond acceptors (Lipinski definition) is 8. The van der Waals surface area contributed by atoms with Crippen molar-refractivity contribution in [3.05, 3.63) is 59.9 Å². The van der Waals surface area contributed by atoms with Crippen molar-refractivity contribution in [1.82, 2.24) is 14.9 Å². The van der Waals surface area contributed by atoms with Gasteiger partial charge in [-0.1, -0.05) is 38.0 Å². The molecule has 2 unspecified atom stereocenters. The highest BCUT2D eigenvalue weighted by atomic mass is 16.6. The molecule has 0 spiro atoms. The van der Waals surface area contributed by atoms with Crippen molar-refractivity contribution in [3.8, 4) is 0 Å². The number of carbonyl (C=O) groups excluding carboxylic acids is 2. The summed E-state index contributed by atoms with van der Waals surface area (Å²) in [5, 5.41) is 8.96. The van der Waals surface area contributed by atoms with Crippen molar-refractivity contribution in [2.24, 2.45) is 11.8 Å². The standard InChI is InChI=1S/C36H51N5O4/c1-8-9-14-27(28-17-13-18-41(23-28)35(43)45-36(5,6)7)21-37-32-20-30-29(22-38-32)19-31(40-33(30)39-24(2)3)25(4)44-34(42)26-15-11-10-12-16-26/h10-12,15-16,19-20,22,24-25,27-28H,8-9,13-14,17-18,21,23H2,1-7H3,(H,37,38)(H,39,40)/t25-,27?,28?/m1/s1. The van der Waals surface area contributed by atoms with Crippen LogP contribution in [0.1, 0.15) is 103 Å². The molecule has 1 fully saturated rings. The summed E-state index contributed by atoms with van der Waals surface area (Å²) >= 11 is 0. The van der Waals surface area contributed by atoms with Crippen LogP contribution in [-0.2, 0) is 9.47 Å². The van der Waals surface area contributed by atoms with Crippen LogP contribution in [-0.4, -0.2) is 58.2 Å². The van der Waals surface area contributed by atoms with Crippen molar-refractivity contribution in [1.29, 1.82) is 0 Å². The van der Waals surface area contributed by atoms with Crippen LogP contribution in [0, 0.1) is 11.8 Å². The van der Waals surface area contributed by atoms with Gasteiger partial charge in [0.1, 0.15) is 23.3 Å². The van der Waals surface area contributed by atoms with Crippen LogP contribution < -0.4 is 10.6 Å². The van der Waals surface area contributed by atoms with Gasteiger partial charge >= 0.3 is 12.1 Å². The van der Waals surface area contributed by atoms with Gasteiger partial charge < -0.3 is 25.0 Å². The Kier molecular flexibility index (Phi) is 11.6. The second-order valence-electron chi connectivity index (χ2n) is 13.5. The number of pyridine rings is 2. The van der Waals surface area contributed by atoms with Gasteiger partial charge in [-0.15, -0.1) is 0 Å². The van der Waals surface area contributed by atoms with E-state index in [1.54, 1.807) is 12.1 Å². The Morgan fingerprint density at radius 1 is 1.11 bits per heavy atom. The van der Waals surface area contributed by atoms with Gasteiger partial charge in [-0.3, -0.25) is 0 Å². The third-order valence-electron chi connectivity index (χ3n) is 8.12. The summed E-state index contributed by atoms with van der Waals surface area (Å²) in [4.78, 5) is 37.1. The fourth-order valence-electron chi connectivity index (χ4n) is 5.81. The number of rotatable bonds is 12. The number of hydrogen-bond donors (Lipinski definition) is 2. The van der Waals surface area contributed by atoms with E-state index in [0.29, 0.717) is 23.1 Å². The molecular weight excluding hydrogens is 566 g/mol. The van der Waals surface area contributed by atoms with E-state index in [9.17, 15) is 9.59 Å². The van der Waals surface area contributed by atoms with Crippen LogP contribution in [0.25, 0.3) is 10.8 Å². The van der Waals surface area contributed by atoms with Crippen LogP contribution in [0.5, 0.6) is 0 Å². The summed E-state index contributed by atoms with van der Waals surface area (Å²) in [6.07, 6.45) is 6.54. The van der Waals surface area contributed by atoms with Crippen LogP contribution in [0.3, 0.4) is 0 Å². The van der Waals surface area contributed by atoms with Crippen LogP contribution in [0.15, 0.2) is 48.7 Å². The molecule has 45 heavy (non-hydrogen) atoms. The minimum Gasteiger partial charge on any atom is -0.453 e. The third kappa shape index (κ3) is 9.80. The second-order valence-corrected chi connectivity index (χ2v) is 13.5. The summed E-state index contributed by atoms with van der Waals surface area (Å²) in [6.45, 7) is 16.2. The van der Waals surface area contributed by atoms with Crippen molar-refractivity contribution >= 4 is 34.5 Å². The molecular formula is C36H51N5O4. The molecule has 1 aromatic carbocycles. The number of nitrogens with zero attached hydrogens (tertiary/aromatic N) is 3. The Morgan fingerprint density at radius 2 is 1.87 bits per heavy atom. The van der Waals surface area contributed by atoms with Crippen LogP contribution in [0.2, 0.25) is 0 Å². The first-order valence-electron chi connectivity index (χ1n) is 16.5. The molecule has 1 amide bonds. The molecule has 2 aromatic heterocycles. The first-order valence-corrected chi connectivity index (χ1v) is 16.5. The van der Waals surface area contributed by atoms with Crippen LogP contribution >= 0.6 is 0 Å².